The van der Waals surface area contributed by atoms with Gasteiger partial charge in [-0.05, 0) is 78.7 Å². The highest BCUT2D eigenvalue weighted by molar-refractivity contribution is 8.18. The first-order valence-electron chi connectivity index (χ1n) is 12.8. The Hall–Kier alpha value is -4.60. The van der Waals surface area contributed by atoms with Gasteiger partial charge in [0.1, 0.15) is 11.5 Å². The third-order valence-electron chi connectivity index (χ3n) is 6.82. The molecule has 0 aliphatic carbocycles. The number of nitrogens with one attached hydrogen (secondary N) is 1. The van der Waals surface area contributed by atoms with Crippen LogP contribution in [0.15, 0.2) is 99.4 Å². The van der Waals surface area contributed by atoms with E-state index in [1.807, 2.05) is 61.7 Å². The van der Waals surface area contributed by atoms with Gasteiger partial charge in [-0.3, -0.25) is 19.8 Å². The van der Waals surface area contributed by atoms with Crippen LogP contribution in [0.3, 0.4) is 0 Å². The second-order valence-corrected chi connectivity index (χ2v) is 11.0. The Morgan fingerprint density at radius 3 is 2.71 bits per heavy atom. The lowest BCUT2D eigenvalue weighted by molar-refractivity contribution is -0.384. The van der Waals surface area contributed by atoms with Gasteiger partial charge in [0.25, 0.3) is 11.6 Å². The SMILES string of the molecule is Cc1ccc(Cl)cc1-c1ccc(/C=C2\SC(=Nc3ccc([N+](=O)[O-])cc3)N(CCc3c[nH]c4ccccc34)C2=O)o1. The number of rotatable bonds is 7. The first-order chi connectivity index (χ1) is 19.9. The molecule has 8 nitrogen and oxygen atoms in total. The van der Waals surface area contributed by atoms with Crippen LogP contribution >= 0.6 is 23.4 Å². The van der Waals surface area contributed by atoms with Gasteiger partial charge in [-0.2, -0.15) is 0 Å². The van der Waals surface area contributed by atoms with Crippen LogP contribution in [0.5, 0.6) is 0 Å². The zero-order chi connectivity index (χ0) is 28.5. The summed E-state index contributed by atoms with van der Waals surface area (Å²) in [7, 11) is 0. The van der Waals surface area contributed by atoms with E-state index < -0.39 is 4.92 Å². The molecule has 5 aromatic rings. The maximum absolute atomic E-state index is 13.7. The molecular weight excluding hydrogens is 560 g/mol. The molecule has 41 heavy (non-hydrogen) atoms. The molecule has 0 bridgehead atoms. The number of furan rings is 1. The quantitative estimate of drug-likeness (QED) is 0.118. The molecule has 0 unspecified atom stereocenters. The number of benzene rings is 3. The van der Waals surface area contributed by atoms with Gasteiger partial charge in [0.15, 0.2) is 5.17 Å². The Kier molecular flexibility index (Phi) is 7.21. The Morgan fingerprint density at radius 2 is 1.90 bits per heavy atom. The Balaban J connectivity index is 1.31. The molecule has 0 spiro atoms. The molecule has 0 saturated carbocycles. The van der Waals surface area contributed by atoms with Gasteiger partial charge in [0.2, 0.25) is 0 Å². The average Bonchev–Trinajstić information content (AvgIpc) is 3.68. The number of H-pyrrole nitrogens is 1. The summed E-state index contributed by atoms with van der Waals surface area (Å²) in [4.78, 5) is 34.3. The standard InChI is InChI=1S/C31H23ClN4O4S/c1-19-6-7-21(32)16-26(19)28-13-12-24(40-28)17-29-30(37)35(15-14-20-18-33-27-5-3-2-4-25(20)27)31(41-29)34-22-8-10-23(11-9-22)36(38)39/h2-13,16-18,33H,14-15H2,1H3/b29-17-,34-31?. The lowest BCUT2D eigenvalue weighted by Gasteiger charge is -2.15. The van der Waals surface area contributed by atoms with Crippen LogP contribution in [0.2, 0.25) is 5.02 Å². The fraction of sp³-hybridized carbons (Fsp3) is 0.0968. The summed E-state index contributed by atoms with van der Waals surface area (Å²) in [5.74, 6) is 0.999. The van der Waals surface area contributed by atoms with E-state index >= 15 is 0 Å². The van der Waals surface area contributed by atoms with Crippen LogP contribution < -0.4 is 0 Å². The fourth-order valence-electron chi connectivity index (χ4n) is 4.68. The third kappa shape index (κ3) is 5.54. The summed E-state index contributed by atoms with van der Waals surface area (Å²) < 4.78 is 6.08. The lowest BCUT2D eigenvalue weighted by Crippen LogP contribution is -2.31. The van der Waals surface area contributed by atoms with Crippen LogP contribution in [-0.4, -0.2) is 32.4 Å². The topological polar surface area (TPSA) is 105 Å². The summed E-state index contributed by atoms with van der Waals surface area (Å²) >= 11 is 7.44. The number of amidine groups is 1. The van der Waals surface area contributed by atoms with E-state index in [1.54, 1.807) is 23.1 Å². The van der Waals surface area contributed by atoms with E-state index in [2.05, 4.69) is 16.0 Å². The van der Waals surface area contributed by atoms with Crippen LogP contribution in [-0.2, 0) is 11.2 Å². The van der Waals surface area contributed by atoms with Crippen molar-refractivity contribution in [1.82, 2.24) is 9.88 Å². The fourth-order valence-corrected chi connectivity index (χ4v) is 5.86. The number of halogens is 1. The van der Waals surface area contributed by atoms with Gasteiger partial charge in [-0.1, -0.05) is 35.9 Å². The Morgan fingerprint density at radius 1 is 1.10 bits per heavy atom. The lowest BCUT2D eigenvalue weighted by atomic mass is 10.1. The number of thioether (sulfide) groups is 1. The normalized spacial score (nSPS) is 15.5. The highest BCUT2D eigenvalue weighted by Crippen LogP contribution is 2.36. The Labute approximate surface area is 244 Å². The van der Waals surface area contributed by atoms with Crippen LogP contribution in [0, 0.1) is 17.0 Å². The first-order valence-corrected chi connectivity index (χ1v) is 14.0. The third-order valence-corrected chi connectivity index (χ3v) is 8.06. The van der Waals surface area contributed by atoms with E-state index in [0.29, 0.717) is 45.3 Å². The molecule has 1 N–H and O–H groups in total. The predicted molar refractivity (Wildman–Crippen MR) is 163 cm³/mol. The number of nitro groups is 1. The number of hydrogen-bond acceptors (Lipinski definition) is 6. The van der Waals surface area contributed by atoms with Crippen molar-refractivity contribution >= 4 is 62.8 Å². The van der Waals surface area contributed by atoms with Gasteiger partial charge < -0.3 is 9.40 Å². The first kappa shape index (κ1) is 26.6. The number of fused-ring (bicyclic) bond motifs is 1. The molecule has 6 rings (SSSR count). The van der Waals surface area contributed by atoms with Crippen molar-refractivity contribution in [2.45, 2.75) is 13.3 Å². The monoisotopic (exact) mass is 582 g/mol. The van der Waals surface area contributed by atoms with Gasteiger partial charge in [0.05, 0.1) is 15.5 Å². The molecule has 2 aromatic heterocycles. The number of aliphatic imine (C=N–C) groups is 1. The maximum Gasteiger partial charge on any atom is 0.269 e. The van der Waals surface area contributed by atoms with E-state index in [1.165, 1.54) is 23.9 Å². The van der Waals surface area contributed by atoms with Gasteiger partial charge >= 0.3 is 0 Å². The number of nitro benzene ring substituents is 1. The maximum atomic E-state index is 13.7. The Bertz CT molecular complexity index is 1860. The summed E-state index contributed by atoms with van der Waals surface area (Å²) in [5, 5.41) is 13.3. The number of non-ortho nitro benzene ring substituents is 1. The summed E-state index contributed by atoms with van der Waals surface area (Å²) in [5.41, 5.74) is 4.53. The van der Waals surface area contributed by atoms with Crippen molar-refractivity contribution in [3.8, 4) is 11.3 Å². The van der Waals surface area contributed by atoms with Crippen molar-refractivity contribution < 1.29 is 14.1 Å². The molecule has 1 fully saturated rings. The minimum atomic E-state index is -0.457. The molecule has 0 radical (unpaired) electrons. The van der Waals surface area contributed by atoms with Gasteiger partial charge in [-0.15, -0.1) is 0 Å². The molecule has 1 aliphatic rings. The second-order valence-electron chi connectivity index (χ2n) is 9.51. The van der Waals surface area contributed by atoms with Crippen molar-refractivity contribution in [2.75, 3.05) is 6.54 Å². The molecule has 1 aliphatic heterocycles. The van der Waals surface area contributed by atoms with Crippen LogP contribution in [0.25, 0.3) is 28.3 Å². The zero-order valence-corrected chi connectivity index (χ0v) is 23.4. The summed E-state index contributed by atoms with van der Waals surface area (Å²) in [6.07, 6.45) is 4.29. The smallest absolute Gasteiger partial charge is 0.269 e. The number of para-hydroxylation sites is 1. The van der Waals surface area contributed by atoms with E-state index in [0.717, 1.165) is 27.6 Å². The molecule has 3 aromatic carbocycles. The highest BCUT2D eigenvalue weighted by Gasteiger charge is 2.33. The van der Waals surface area contributed by atoms with Crippen molar-refractivity contribution in [3.63, 3.8) is 0 Å². The number of aryl methyl sites for hydroxylation is 1. The van der Waals surface area contributed by atoms with Crippen LogP contribution in [0.4, 0.5) is 11.4 Å². The molecule has 0 atom stereocenters. The number of amides is 1. The predicted octanol–water partition coefficient (Wildman–Crippen LogP) is 8.14. The summed E-state index contributed by atoms with van der Waals surface area (Å²) in [6, 6.07) is 23.3. The largest absolute Gasteiger partial charge is 0.457 e. The molecule has 1 amide bonds. The molecule has 3 heterocycles. The number of nitrogens with zero attached hydrogens (tertiary/aromatic N) is 3. The number of aromatic amines is 1. The number of hydrogen-bond donors (Lipinski definition) is 1. The van der Waals surface area contributed by atoms with Crippen molar-refractivity contribution in [3.05, 3.63) is 122 Å². The number of aromatic nitrogens is 1. The number of carbonyl (C=O) groups is 1. The van der Waals surface area contributed by atoms with E-state index in [4.69, 9.17) is 16.0 Å². The average molecular weight is 583 g/mol. The number of carbonyl (C=O) groups excluding carboxylic acids is 1. The summed E-state index contributed by atoms with van der Waals surface area (Å²) in [6.45, 7) is 2.39. The van der Waals surface area contributed by atoms with Crippen LogP contribution in [0.1, 0.15) is 16.9 Å². The molecule has 204 valence electrons. The van der Waals surface area contributed by atoms with E-state index in [9.17, 15) is 14.9 Å². The van der Waals surface area contributed by atoms with Gasteiger partial charge in [0, 0.05) is 52.4 Å². The minimum Gasteiger partial charge on any atom is -0.457 e. The highest BCUT2D eigenvalue weighted by atomic mass is 35.5. The second kappa shape index (κ2) is 11.1. The van der Waals surface area contributed by atoms with Crippen molar-refractivity contribution in [2.24, 2.45) is 4.99 Å². The molecule has 10 heteroatoms. The minimum absolute atomic E-state index is 0.0237. The molecular formula is C31H23ClN4O4S. The van der Waals surface area contributed by atoms with Crippen molar-refractivity contribution in [1.29, 1.82) is 0 Å². The molecule has 1 saturated heterocycles. The van der Waals surface area contributed by atoms with E-state index in [-0.39, 0.29) is 11.6 Å². The zero-order valence-electron chi connectivity index (χ0n) is 21.8. The van der Waals surface area contributed by atoms with Gasteiger partial charge in [-0.25, -0.2) is 4.99 Å².